The summed E-state index contributed by atoms with van der Waals surface area (Å²) in [6.07, 6.45) is 0.881. The highest BCUT2D eigenvalue weighted by atomic mass is 35.5. The molecule has 4 nitrogen and oxygen atoms in total. The van der Waals surface area contributed by atoms with Gasteiger partial charge in [-0.3, -0.25) is 4.79 Å². The van der Waals surface area contributed by atoms with E-state index in [0.29, 0.717) is 10.6 Å². The Kier molecular flexibility index (Phi) is 6.42. The Morgan fingerprint density at radius 1 is 1.19 bits per heavy atom. The van der Waals surface area contributed by atoms with Gasteiger partial charge in [0.05, 0.1) is 10.7 Å². The van der Waals surface area contributed by atoms with Crippen LogP contribution in [0.3, 0.4) is 0 Å². The van der Waals surface area contributed by atoms with Crippen molar-refractivity contribution in [1.82, 2.24) is 10.3 Å². The van der Waals surface area contributed by atoms with E-state index < -0.39 is 5.82 Å². The van der Waals surface area contributed by atoms with Crippen molar-refractivity contribution in [2.45, 2.75) is 19.9 Å². The summed E-state index contributed by atoms with van der Waals surface area (Å²) in [6.45, 7) is 2.82. The first kappa shape index (κ1) is 19.3. The molecule has 27 heavy (non-hydrogen) atoms. The van der Waals surface area contributed by atoms with Crippen LogP contribution in [0.15, 0.2) is 48.5 Å². The fourth-order valence-corrected chi connectivity index (χ4v) is 3.66. The number of thiazole rings is 1. The molecule has 0 aliphatic heterocycles. The highest BCUT2D eigenvalue weighted by Crippen LogP contribution is 2.23. The van der Waals surface area contributed by atoms with E-state index in [0.717, 1.165) is 23.7 Å². The summed E-state index contributed by atoms with van der Waals surface area (Å²) in [5.41, 5.74) is 2.66. The number of halogens is 2. The van der Waals surface area contributed by atoms with Crippen molar-refractivity contribution in [3.8, 4) is 0 Å². The normalized spacial score (nSPS) is 10.6. The van der Waals surface area contributed by atoms with Gasteiger partial charge in [0.1, 0.15) is 10.7 Å². The third-order valence-electron chi connectivity index (χ3n) is 3.97. The summed E-state index contributed by atoms with van der Waals surface area (Å²) in [5, 5.41) is 6.85. The monoisotopic (exact) mass is 403 g/mol. The first-order valence-electron chi connectivity index (χ1n) is 8.50. The molecule has 140 valence electrons. The number of aryl methyl sites for hydroxylation is 1. The molecule has 2 aromatic carbocycles. The lowest BCUT2D eigenvalue weighted by atomic mass is 10.2. The average molecular weight is 404 g/mol. The van der Waals surface area contributed by atoms with Gasteiger partial charge in [-0.1, -0.05) is 59.3 Å². The molecule has 2 N–H and O–H groups in total. The summed E-state index contributed by atoms with van der Waals surface area (Å²) in [4.78, 5) is 17.4. The number of hydrogen-bond donors (Lipinski definition) is 2. The highest BCUT2D eigenvalue weighted by molar-refractivity contribution is 7.17. The van der Waals surface area contributed by atoms with Crippen LogP contribution in [-0.2, 0) is 13.0 Å². The molecular formula is C20H19ClFN3OS. The number of nitrogens with one attached hydrogen (secondary N) is 2. The topological polar surface area (TPSA) is 54.0 Å². The maximum absolute atomic E-state index is 13.2. The Morgan fingerprint density at radius 3 is 2.70 bits per heavy atom. The Morgan fingerprint density at radius 2 is 1.96 bits per heavy atom. The molecule has 0 radical (unpaired) electrons. The van der Waals surface area contributed by atoms with Crippen LogP contribution in [0.25, 0.3) is 0 Å². The minimum absolute atomic E-state index is 0.0422. The molecule has 0 atom stereocenters. The fourth-order valence-electron chi connectivity index (χ4n) is 2.55. The quantitative estimate of drug-likeness (QED) is 0.594. The predicted molar refractivity (Wildman–Crippen MR) is 108 cm³/mol. The lowest BCUT2D eigenvalue weighted by Crippen LogP contribution is -2.22. The van der Waals surface area contributed by atoms with Crippen LogP contribution in [0.1, 0.15) is 26.5 Å². The maximum Gasteiger partial charge on any atom is 0.263 e. The summed E-state index contributed by atoms with van der Waals surface area (Å²) >= 11 is 7.09. The van der Waals surface area contributed by atoms with Gasteiger partial charge in [0.15, 0.2) is 5.13 Å². The number of rotatable bonds is 7. The minimum Gasteiger partial charge on any atom is -0.361 e. The number of carbonyl (C=O) groups excluding carboxylic acids is 1. The molecular weight excluding hydrogens is 385 g/mol. The molecule has 1 amide bonds. The van der Waals surface area contributed by atoms with Crippen LogP contribution < -0.4 is 10.6 Å². The van der Waals surface area contributed by atoms with Crippen LogP contribution in [0.4, 0.5) is 9.52 Å². The number of anilines is 1. The Hall–Kier alpha value is -2.44. The fraction of sp³-hybridized carbons (Fsp3) is 0.200. The van der Waals surface area contributed by atoms with Gasteiger partial charge in [-0.2, -0.15) is 0 Å². The van der Waals surface area contributed by atoms with Crippen LogP contribution in [0.2, 0.25) is 5.02 Å². The van der Waals surface area contributed by atoms with Crippen molar-refractivity contribution in [3.05, 3.63) is 81.1 Å². The standard InChI is InChI=1S/C20H19ClFN3OS/c1-13-18(19(26)24-12-15-7-8-17(22)16(21)11-15)27-20(25-13)23-10-9-14-5-3-2-4-6-14/h2-8,11H,9-10,12H2,1H3,(H,23,25)(H,24,26). The third-order valence-corrected chi connectivity index (χ3v) is 5.38. The molecule has 7 heteroatoms. The zero-order valence-electron chi connectivity index (χ0n) is 14.8. The van der Waals surface area contributed by atoms with Gasteiger partial charge in [0.25, 0.3) is 5.91 Å². The van der Waals surface area contributed by atoms with Crippen molar-refractivity contribution in [2.24, 2.45) is 0 Å². The number of benzene rings is 2. The van der Waals surface area contributed by atoms with Crippen LogP contribution >= 0.6 is 22.9 Å². The largest absolute Gasteiger partial charge is 0.361 e. The smallest absolute Gasteiger partial charge is 0.263 e. The number of carbonyl (C=O) groups is 1. The molecule has 1 heterocycles. The van der Waals surface area contributed by atoms with Gasteiger partial charge in [-0.05, 0) is 36.6 Å². The van der Waals surface area contributed by atoms with E-state index in [-0.39, 0.29) is 17.5 Å². The van der Waals surface area contributed by atoms with Gasteiger partial charge in [-0.25, -0.2) is 9.37 Å². The van der Waals surface area contributed by atoms with Crippen LogP contribution in [0.5, 0.6) is 0 Å². The summed E-state index contributed by atoms with van der Waals surface area (Å²) in [6, 6.07) is 14.6. The van der Waals surface area contributed by atoms with Crippen molar-refractivity contribution in [3.63, 3.8) is 0 Å². The number of aromatic nitrogens is 1. The maximum atomic E-state index is 13.2. The Bertz CT molecular complexity index is 930. The first-order chi connectivity index (χ1) is 13.0. The number of amides is 1. The Labute approximate surface area is 166 Å². The van der Waals surface area contributed by atoms with Crippen molar-refractivity contribution < 1.29 is 9.18 Å². The van der Waals surface area contributed by atoms with Crippen molar-refractivity contribution in [2.75, 3.05) is 11.9 Å². The molecule has 0 saturated heterocycles. The van der Waals surface area contributed by atoms with E-state index in [4.69, 9.17) is 11.6 Å². The molecule has 0 unspecified atom stereocenters. The molecule has 3 aromatic rings. The van der Waals surface area contributed by atoms with E-state index >= 15 is 0 Å². The van der Waals surface area contributed by atoms with Crippen molar-refractivity contribution >= 4 is 34.0 Å². The lowest BCUT2D eigenvalue weighted by molar-refractivity contribution is 0.0954. The average Bonchev–Trinajstić information content (AvgIpc) is 3.04. The van der Waals surface area contributed by atoms with Gasteiger partial charge in [0.2, 0.25) is 0 Å². The molecule has 0 bridgehead atoms. The van der Waals surface area contributed by atoms with Crippen LogP contribution in [-0.4, -0.2) is 17.4 Å². The second-order valence-corrected chi connectivity index (χ2v) is 7.43. The van der Waals surface area contributed by atoms with Gasteiger partial charge < -0.3 is 10.6 Å². The molecule has 0 spiro atoms. The van der Waals surface area contributed by atoms with Crippen molar-refractivity contribution in [1.29, 1.82) is 0 Å². The third kappa shape index (κ3) is 5.28. The second kappa shape index (κ2) is 8.97. The number of nitrogens with zero attached hydrogens (tertiary/aromatic N) is 1. The SMILES string of the molecule is Cc1nc(NCCc2ccccc2)sc1C(=O)NCc1ccc(F)c(Cl)c1. The predicted octanol–water partition coefficient (Wildman–Crippen LogP) is 4.83. The summed E-state index contributed by atoms with van der Waals surface area (Å²) in [7, 11) is 0. The van der Waals surface area contributed by atoms with Crippen LogP contribution in [0, 0.1) is 12.7 Å². The minimum atomic E-state index is -0.476. The zero-order valence-corrected chi connectivity index (χ0v) is 16.3. The number of hydrogen-bond acceptors (Lipinski definition) is 4. The van der Waals surface area contributed by atoms with E-state index in [1.807, 2.05) is 25.1 Å². The molecule has 0 saturated carbocycles. The Balaban J connectivity index is 1.54. The van der Waals surface area contributed by atoms with E-state index in [1.165, 1.54) is 29.0 Å². The molecule has 1 aromatic heterocycles. The zero-order chi connectivity index (χ0) is 19.2. The first-order valence-corrected chi connectivity index (χ1v) is 9.69. The molecule has 0 aliphatic rings. The van der Waals surface area contributed by atoms with Gasteiger partial charge >= 0.3 is 0 Å². The summed E-state index contributed by atoms with van der Waals surface area (Å²) < 4.78 is 13.2. The highest BCUT2D eigenvalue weighted by Gasteiger charge is 2.15. The molecule has 0 fully saturated rings. The molecule has 0 aliphatic carbocycles. The van der Waals surface area contributed by atoms with Gasteiger partial charge in [0, 0.05) is 13.1 Å². The molecule has 3 rings (SSSR count). The summed E-state index contributed by atoms with van der Waals surface area (Å²) in [5.74, 6) is -0.683. The van der Waals surface area contributed by atoms with E-state index in [1.54, 1.807) is 6.07 Å². The second-order valence-electron chi connectivity index (χ2n) is 6.03. The van der Waals surface area contributed by atoms with E-state index in [9.17, 15) is 9.18 Å². The van der Waals surface area contributed by atoms with Gasteiger partial charge in [-0.15, -0.1) is 0 Å². The van der Waals surface area contributed by atoms with E-state index in [2.05, 4.69) is 27.8 Å². The lowest BCUT2D eigenvalue weighted by Gasteiger charge is -2.05.